The van der Waals surface area contributed by atoms with Crippen LogP contribution < -0.4 is 5.32 Å². The van der Waals surface area contributed by atoms with Crippen molar-refractivity contribution >= 4 is 36.7 Å². The summed E-state index contributed by atoms with van der Waals surface area (Å²) >= 11 is 0. The first-order valence-electron chi connectivity index (χ1n) is 9.08. The monoisotopic (exact) mass is 402 g/mol. The predicted molar refractivity (Wildman–Crippen MR) is 110 cm³/mol. The van der Waals surface area contributed by atoms with Gasteiger partial charge >= 0.3 is 5.97 Å². The normalized spacial score (nSPS) is 11.9. The highest BCUT2D eigenvalue weighted by molar-refractivity contribution is 6.76. The van der Waals surface area contributed by atoms with Crippen LogP contribution in [0.4, 0.5) is 11.5 Å². The lowest BCUT2D eigenvalue weighted by molar-refractivity contribution is 0.0696. The molecular formula is C18H26N6O3Si. The van der Waals surface area contributed by atoms with E-state index in [-0.39, 0.29) is 12.3 Å². The molecule has 2 N–H and O–H groups in total. The number of aryl methyl sites for hydroxylation is 2. The Bertz CT molecular complexity index is 1000. The molecule has 0 saturated carbocycles. The second-order valence-electron chi connectivity index (χ2n) is 8.02. The van der Waals surface area contributed by atoms with Crippen molar-refractivity contribution in [1.82, 2.24) is 24.3 Å². The lowest BCUT2D eigenvalue weighted by Crippen LogP contribution is -2.22. The summed E-state index contributed by atoms with van der Waals surface area (Å²) in [6.07, 6.45) is 5.01. The molecule has 3 heterocycles. The molecule has 9 nitrogen and oxygen atoms in total. The number of rotatable bonds is 8. The second kappa shape index (κ2) is 7.72. The van der Waals surface area contributed by atoms with Gasteiger partial charge in [0.1, 0.15) is 17.8 Å². The number of anilines is 2. The van der Waals surface area contributed by atoms with E-state index in [0.29, 0.717) is 29.3 Å². The van der Waals surface area contributed by atoms with Crippen LogP contribution in [-0.4, -0.2) is 50.1 Å². The van der Waals surface area contributed by atoms with E-state index in [1.54, 1.807) is 21.6 Å². The highest BCUT2D eigenvalue weighted by atomic mass is 28.3. The predicted octanol–water partition coefficient (Wildman–Crippen LogP) is 3.23. The lowest BCUT2D eigenvalue weighted by atomic mass is 10.3. The maximum atomic E-state index is 11.7. The third-order valence-electron chi connectivity index (χ3n) is 4.29. The van der Waals surface area contributed by atoms with Gasteiger partial charge in [-0.1, -0.05) is 19.6 Å². The molecule has 0 aromatic carbocycles. The molecule has 0 fully saturated rings. The molecule has 0 aliphatic heterocycles. The summed E-state index contributed by atoms with van der Waals surface area (Å²) in [7, 11) is 0.632. The highest BCUT2D eigenvalue weighted by Crippen LogP contribution is 2.24. The van der Waals surface area contributed by atoms with Gasteiger partial charge < -0.3 is 19.7 Å². The highest BCUT2D eigenvalue weighted by Gasteiger charge is 2.20. The smallest absolute Gasteiger partial charge is 0.339 e. The average Bonchev–Trinajstić information content (AvgIpc) is 3.15. The summed E-state index contributed by atoms with van der Waals surface area (Å²) in [6.45, 7) is 9.58. The summed E-state index contributed by atoms with van der Waals surface area (Å²) < 4.78 is 9.15. The van der Waals surface area contributed by atoms with Crippen molar-refractivity contribution in [3.63, 3.8) is 0 Å². The molecule has 0 saturated heterocycles. The fourth-order valence-electron chi connectivity index (χ4n) is 2.70. The van der Waals surface area contributed by atoms with Crippen molar-refractivity contribution in [1.29, 1.82) is 0 Å². The minimum absolute atomic E-state index is 0.102. The molecular weight excluding hydrogens is 376 g/mol. The number of carboxylic acids is 1. The Morgan fingerprint density at radius 2 is 2.04 bits per heavy atom. The Morgan fingerprint density at radius 3 is 2.64 bits per heavy atom. The largest absolute Gasteiger partial charge is 0.478 e. The molecule has 0 amide bonds. The molecule has 0 atom stereocenters. The molecule has 3 aromatic rings. The van der Waals surface area contributed by atoms with Crippen LogP contribution in [0, 0.1) is 6.92 Å². The third-order valence-corrected chi connectivity index (χ3v) is 5.99. The van der Waals surface area contributed by atoms with Gasteiger partial charge in [0.25, 0.3) is 0 Å². The first-order valence-corrected chi connectivity index (χ1v) is 12.8. The molecule has 0 radical (unpaired) electrons. The lowest BCUT2D eigenvalue weighted by Gasteiger charge is -2.15. The van der Waals surface area contributed by atoms with Crippen LogP contribution in [0.5, 0.6) is 0 Å². The summed E-state index contributed by atoms with van der Waals surface area (Å²) in [4.78, 5) is 20.8. The Balaban J connectivity index is 1.89. The number of aromatic nitrogens is 5. The second-order valence-corrected chi connectivity index (χ2v) is 13.6. The molecule has 28 heavy (non-hydrogen) atoms. The zero-order valence-electron chi connectivity index (χ0n) is 16.9. The van der Waals surface area contributed by atoms with Crippen molar-refractivity contribution < 1.29 is 14.6 Å². The van der Waals surface area contributed by atoms with E-state index in [1.807, 2.05) is 14.0 Å². The first-order chi connectivity index (χ1) is 13.1. The van der Waals surface area contributed by atoms with Crippen LogP contribution in [0.2, 0.25) is 25.7 Å². The number of carboxylic acid groups (broad SMARTS) is 1. The van der Waals surface area contributed by atoms with Crippen molar-refractivity contribution in [3.8, 4) is 0 Å². The number of hydrogen-bond donors (Lipinski definition) is 2. The number of hydrogen-bond acceptors (Lipinski definition) is 6. The number of nitrogens with zero attached hydrogens (tertiary/aromatic N) is 5. The molecule has 0 spiro atoms. The van der Waals surface area contributed by atoms with Gasteiger partial charge in [-0.05, 0) is 13.0 Å². The molecule has 3 rings (SSSR count). The van der Waals surface area contributed by atoms with E-state index in [4.69, 9.17) is 4.74 Å². The Kier molecular flexibility index (Phi) is 5.52. The Morgan fingerprint density at radius 1 is 1.29 bits per heavy atom. The SMILES string of the molecule is Cc1nc2c(nc1Nc1cnn(C)c1)c(C(=O)O)cn2COCC[Si](C)(C)C. The van der Waals surface area contributed by atoms with Gasteiger partial charge in [-0.3, -0.25) is 4.68 Å². The van der Waals surface area contributed by atoms with Gasteiger partial charge in [-0.2, -0.15) is 5.10 Å². The number of nitrogens with one attached hydrogen (secondary N) is 1. The van der Waals surface area contributed by atoms with Crippen LogP contribution in [-0.2, 0) is 18.5 Å². The summed E-state index contributed by atoms with van der Waals surface area (Å²) in [5.74, 6) is -0.545. The van der Waals surface area contributed by atoms with E-state index in [9.17, 15) is 9.90 Å². The van der Waals surface area contributed by atoms with E-state index < -0.39 is 14.0 Å². The Hall–Kier alpha value is -2.72. The molecule has 10 heteroatoms. The minimum Gasteiger partial charge on any atom is -0.478 e. The van der Waals surface area contributed by atoms with E-state index >= 15 is 0 Å². The molecule has 0 aliphatic carbocycles. The van der Waals surface area contributed by atoms with Crippen molar-refractivity contribution in [2.24, 2.45) is 7.05 Å². The topological polar surface area (TPSA) is 107 Å². The van der Waals surface area contributed by atoms with Gasteiger partial charge in [0.15, 0.2) is 11.5 Å². The van der Waals surface area contributed by atoms with Crippen LogP contribution in [0.3, 0.4) is 0 Å². The van der Waals surface area contributed by atoms with E-state index in [0.717, 1.165) is 11.7 Å². The van der Waals surface area contributed by atoms with E-state index in [1.165, 1.54) is 6.20 Å². The zero-order valence-corrected chi connectivity index (χ0v) is 17.9. The van der Waals surface area contributed by atoms with Crippen molar-refractivity contribution in [3.05, 3.63) is 29.8 Å². The van der Waals surface area contributed by atoms with Gasteiger partial charge in [-0.25, -0.2) is 14.8 Å². The fourth-order valence-corrected chi connectivity index (χ4v) is 3.46. The Labute approximate surface area is 164 Å². The maximum Gasteiger partial charge on any atom is 0.339 e. The summed E-state index contributed by atoms with van der Waals surface area (Å²) in [6, 6.07) is 1.04. The van der Waals surface area contributed by atoms with Crippen LogP contribution in [0.1, 0.15) is 16.1 Å². The molecule has 0 bridgehead atoms. The summed E-state index contributed by atoms with van der Waals surface area (Å²) in [5.41, 5.74) is 2.35. The van der Waals surface area contributed by atoms with Gasteiger partial charge in [0.05, 0.1) is 17.6 Å². The minimum atomic E-state index is -1.19. The number of aromatic carboxylic acids is 1. The van der Waals surface area contributed by atoms with Crippen molar-refractivity contribution in [2.45, 2.75) is 39.3 Å². The van der Waals surface area contributed by atoms with Crippen LogP contribution >= 0.6 is 0 Å². The van der Waals surface area contributed by atoms with Gasteiger partial charge in [0.2, 0.25) is 0 Å². The van der Waals surface area contributed by atoms with Crippen LogP contribution in [0.15, 0.2) is 18.6 Å². The van der Waals surface area contributed by atoms with Gasteiger partial charge in [0, 0.05) is 34.1 Å². The zero-order chi connectivity index (χ0) is 20.5. The molecule has 0 unspecified atom stereocenters. The van der Waals surface area contributed by atoms with Crippen LogP contribution in [0.25, 0.3) is 11.2 Å². The summed E-state index contributed by atoms with van der Waals surface area (Å²) in [5, 5.41) is 16.8. The average molecular weight is 403 g/mol. The fraction of sp³-hybridized carbons (Fsp3) is 0.444. The maximum absolute atomic E-state index is 11.7. The number of fused-ring (bicyclic) bond motifs is 1. The number of ether oxygens (including phenoxy) is 1. The van der Waals surface area contributed by atoms with Crippen molar-refractivity contribution in [2.75, 3.05) is 11.9 Å². The van der Waals surface area contributed by atoms with E-state index in [2.05, 4.69) is 40.0 Å². The molecule has 150 valence electrons. The first kappa shape index (κ1) is 20.0. The molecule has 3 aromatic heterocycles. The standard InChI is InChI=1S/C18H26N6O3Si/c1-12-16(21-13-8-19-23(2)9-13)22-15-14(18(25)26)10-24(17(15)20-12)11-27-6-7-28(3,4)5/h8-10H,6-7,11H2,1-5H3,(H,21,22)(H,25,26). The number of carbonyl (C=O) groups is 1. The van der Waals surface area contributed by atoms with Gasteiger partial charge in [-0.15, -0.1) is 0 Å². The quantitative estimate of drug-likeness (QED) is 0.440. The third kappa shape index (κ3) is 4.57. The molecule has 0 aliphatic rings.